The zero-order valence-corrected chi connectivity index (χ0v) is 10.8. The lowest BCUT2D eigenvalue weighted by Crippen LogP contribution is -2.65. The summed E-state index contributed by atoms with van der Waals surface area (Å²) in [5, 5.41) is 9.79. The van der Waals surface area contributed by atoms with Gasteiger partial charge in [-0.2, -0.15) is 11.8 Å². The van der Waals surface area contributed by atoms with E-state index in [-0.39, 0.29) is 5.60 Å². The van der Waals surface area contributed by atoms with Crippen molar-refractivity contribution in [3.05, 3.63) is 0 Å². The molecule has 4 heteroatoms. The largest absolute Gasteiger partial charge is 0.388 e. The minimum Gasteiger partial charge on any atom is -0.388 e. The molecule has 3 rings (SSSR count). The zero-order valence-electron chi connectivity index (χ0n) is 9.95. The molecule has 3 saturated heterocycles. The first-order chi connectivity index (χ1) is 7.59. The number of hydrogen-bond acceptors (Lipinski definition) is 4. The van der Waals surface area contributed by atoms with Crippen LogP contribution in [0.3, 0.4) is 0 Å². The van der Waals surface area contributed by atoms with Gasteiger partial charge in [-0.1, -0.05) is 0 Å². The van der Waals surface area contributed by atoms with E-state index in [1.807, 2.05) is 18.7 Å². The number of likely N-dealkylation sites (tertiary alicyclic amines) is 1. The van der Waals surface area contributed by atoms with Crippen LogP contribution < -0.4 is 0 Å². The number of hydrogen-bond donors (Lipinski definition) is 1. The molecule has 2 unspecified atom stereocenters. The lowest BCUT2D eigenvalue weighted by Gasteiger charge is -2.52. The summed E-state index contributed by atoms with van der Waals surface area (Å²) < 4.78 is 6.02. The van der Waals surface area contributed by atoms with E-state index < -0.39 is 5.60 Å². The molecule has 16 heavy (non-hydrogen) atoms. The second-order valence-electron chi connectivity index (χ2n) is 5.88. The number of β-amino-alcohol motifs (C(OH)–C–C–N with tert-alkyl or cyclic N) is 1. The predicted octanol–water partition coefficient (Wildman–Crippen LogP) is 1.11. The fourth-order valence-corrected chi connectivity index (χ4v) is 4.64. The molecule has 3 aliphatic heterocycles. The monoisotopic (exact) mass is 243 g/mol. The van der Waals surface area contributed by atoms with Crippen LogP contribution in [0.15, 0.2) is 0 Å². The molecule has 1 spiro atoms. The number of aliphatic hydroxyl groups is 1. The normalized spacial score (nSPS) is 43.5. The van der Waals surface area contributed by atoms with Crippen LogP contribution in [0.25, 0.3) is 0 Å². The first-order valence-corrected chi connectivity index (χ1v) is 7.42. The van der Waals surface area contributed by atoms with Crippen molar-refractivity contribution < 1.29 is 9.84 Å². The standard InChI is InChI=1S/C12H21NO2S/c1-11(14)7-13(8-11)10-2-4-15-12(6-10)3-5-16-9-12/h10,14H,2-9H2,1H3. The Morgan fingerprint density at radius 3 is 2.88 bits per heavy atom. The molecule has 3 heterocycles. The molecule has 3 nitrogen and oxygen atoms in total. The van der Waals surface area contributed by atoms with Crippen LogP contribution in [0.2, 0.25) is 0 Å². The van der Waals surface area contributed by atoms with Crippen molar-refractivity contribution in [1.29, 1.82) is 0 Å². The first-order valence-electron chi connectivity index (χ1n) is 6.27. The SMILES string of the molecule is CC1(O)CN(C2CCOC3(CCSC3)C2)C1. The molecule has 0 aromatic heterocycles. The number of ether oxygens (including phenoxy) is 1. The minimum absolute atomic E-state index is 0.176. The van der Waals surface area contributed by atoms with E-state index in [2.05, 4.69) is 4.90 Å². The Kier molecular flexibility index (Phi) is 2.74. The highest BCUT2D eigenvalue weighted by Crippen LogP contribution is 2.41. The molecule has 0 aromatic rings. The average Bonchev–Trinajstić information content (AvgIpc) is 2.63. The summed E-state index contributed by atoms with van der Waals surface area (Å²) in [5.41, 5.74) is -0.259. The summed E-state index contributed by atoms with van der Waals surface area (Å²) in [6, 6.07) is 0.646. The second kappa shape index (κ2) is 3.87. The molecule has 0 aliphatic carbocycles. The highest BCUT2D eigenvalue weighted by atomic mass is 32.2. The van der Waals surface area contributed by atoms with Gasteiger partial charge in [0.1, 0.15) is 0 Å². The van der Waals surface area contributed by atoms with E-state index in [0.29, 0.717) is 6.04 Å². The summed E-state index contributed by atoms with van der Waals surface area (Å²) in [5.74, 6) is 2.43. The summed E-state index contributed by atoms with van der Waals surface area (Å²) in [7, 11) is 0. The smallest absolute Gasteiger partial charge is 0.0872 e. The molecule has 92 valence electrons. The third kappa shape index (κ3) is 2.01. The molecule has 3 fully saturated rings. The van der Waals surface area contributed by atoms with Crippen LogP contribution in [-0.2, 0) is 4.74 Å². The van der Waals surface area contributed by atoms with Crippen molar-refractivity contribution in [3.8, 4) is 0 Å². The number of nitrogens with zero attached hydrogens (tertiary/aromatic N) is 1. The highest BCUT2D eigenvalue weighted by molar-refractivity contribution is 7.99. The highest BCUT2D eigenvalue weighted by Gasteiger charge is 2.46. The minimum atomic E-state index is -0.435. The van der Waals surface area contributed by atoms with Crippen LogP contribution in [0.4, 0.5) is 0 Å². The van der Waals surface area contributed by atoms with E-state index in [1.54, 1.807) is 0 Å². The summed E-state index contributed by atoms with van der Waals surface area (Å²) in [6.45, 7) is 4.54. The molecule has 0 aromatic carbocycles. The van der Waals surface area contributed by atoms with E-state index in [1.165, 1.54) is 24.3 Å². The van der Waals surface area contributed by atoms with E-state index in [4.69, 9.17) is 4.74 Å². The van der Waals surface area contributed by atoms with Gasteiger partial charge in [-0.15, -0.1) is 0 Å². The van der Waals surface area contributed by atoms with Gasteiger partial charge < -0.3 is 9.84 Å². The first kappa shape index (κ1) is 11.3. The summed E-state index contributed by atoms with van der Waals surface area (Å²) >= 11 is 2.03. The lowest BCUT2D eigenvalue weighted by atomic mass is 9.85. The van der Waals surface area contributed by atoms with Gasteiger partial charge in [0.15, 0.2) is 0 Å². The quantitative estimate of drug-likeness (QED) is 0.748. The maximum absolute atomic E-state index is 9.79. The topological polar surface area (TPSA) is 32.7 Å². The Morgan fingerprint density at radius 1 is 1.44 bits per heavy atom. The molecular weight excluding hydrogens is 222 g/mol. The molecule has 1 N–H and O–H groups in total. The summed E-state index contributed by atoms with van der Waals surface area (Å²) in [4.78, 5) is 2.44. The fourth-order valence-electron chi connectivity index (χ4n) is 3.26. The van der Waals surface area contributed by atoms with Crippen molar-refractivity contribution >= 4 is 11.8 Å². The third-order valence-electron chi connectivity index (χ3n) is 4.14. The molecule has 0 amide bonds. The van der Waals surface area contributed by atoms with Crippen LogP contribution in [0.1, 0.15) is 26.2 Å². The molecule has 0 bridgehead atoms. The lowest BCUT2D eigenvalue weighted by molar-refractivity contribution is -0.147. The van der Waals surface area contributed by atoms with Crippen molar-refractivity contribution in [1.82, 2.24) is 4.90 Å². The van der Waals surface area contributed by atoms with Gasteiger partial charge in [0.25, 0.3) is 0 Å². The van der Waals surface area contributed by atoms with Crippen molar-refractivity contribution in [2.24, 2.45) is 0 Å². The van der Waals surface area contributed by atoms with Crippen molar-refractivity contribution in [3.63, 3.8) is 0 Å². The van der Waals surface area contributed by atoms with Crippen LogP contribution >= 0.6 is 11.8 Å². The number of thioether (sulfide) groups is 1. The van der Waals surface area contributed by atoms with Crippen molar-refractivity contribution in [2.45, 2.75) is 43.4 Å². The Hall–Kier alpha value is 0.230. The van der Waals surface area contributed by atoms with Gasteiger partial charge in [0.2, 0.25) is 0 Å². The van der Waals surface area contributed by atoms with Gasteiger partial charge in [-0.3, -0.25) is 4.90 Å². The van der Waals surface area contributed by atoms with Crippen molar-refractivity contribution in [2.75, 3.05) is 31.2 Å². The van der Waals surface area contributed by atoms with Gasteiger partial charge in [-0.25, -0.2) is 0 Å². The second-order valence-corrected chi connectivity index (χ2v) is 6.99. The Morgan fingerprint density at radius 2 is 2.25 bits per heavy atom. The molecular formula is C12H21NO2S. The Balaban J connectivity index is 1.60. The van der Waals surface area contributed by atoms with Gasteiger partial charge in [0.05, 0.1) is 11.2 Å². The summed E-state index contributed by atoms with van der Waals surface area (Å²) in [6.07, 6.45) is 3.54. The van der Waals surface area contributed by atoms with Crippen LogP contribution in [0, 0.1) is 0 Å². The number of rotatable bonds is 1. The van der Waals surface area contributed by atoms with Gasteiger partial charge in [0, 0.05) is 31.5 Å². The maximum Gasteiger partial charge on any atom is 0.0872 e. The van der Waals surface area contributed by atoms with Gasteiger partial charge >= 0.3 is 0 Å². The Labute approximate surface area is 102 Å². The van der Waals surface area contributed by atoms with Gasteiger partial charge in [-0.05, 0) is 31.9 Å². The molecule has 0 saturated carbocycles. The van der Waals surface area contributed by atoms with Crippen LogP contribution in [-0.4, -0.2) is 58.5 Å². The average molecular weight is 243 g/mol. The maximum atomic E-state index is 9.79. The van der Waals surface area contributed by atoms with Crippen LogP contribution in [0.5, 0.6) is 0 Å². The molecule has 2 atom stereocenters. The zero-order chi connectivity index (χ0) is 11.2. The fraction of sp³-hybridized carbons (Fsp3) is 1.00. The predicted molar refractivity (Wildman–Crippen MR) is 65.8 cm³/mol. The molecule has 0 radical (unpaired) electrons. The Bertz CT molecular complexity index is 268. The van der Waals surface area contributed by atoms with E-state index >= 15 is 0 Å². The van der Waals surface area contributed by atoms with E-state index in [0.717, 1.165) is 26.1 Å². The van der Waals surface area contributed by atoms with E-state index in [9.17, 15) is 5.11 Å². The third-order valence-corrected chi connectivity index (χ3v) is 5.36. The molecule has 3 aliphatic rings.